The van der Waals surface area contributed by atoms with E-state index in [0.29, 0.717) is 22.2 Å². The molecule has 2 aromatic rings. The minimum absolute atomic E-state index is 0.0293. The van der Waals surface area contributed by atoms with Crippen molar-refractivity contribution >= 4 is 69.7 Å². The minimum Gasteiger partial charge on any atom is -0.481 e. The Labute approximate surface area is 176 Å². The Morgan fingerprint density at radius 1 is 1.25 bits per heavy atom. The van der Waals surface area contributed by atoms with Gasteiger partial charge in [-0.15, -0.1) is 11.3 Å². The fourth-order valence-corrected chi connectivity index (χ4v) is 5.66. The van der Waals surface area contributed by atoms with E-state index in [9.17, 15) is 9.59 Å². The van der Waals surface area contributed by atoms with Crippen LogP contribution >= 0.6 is 35.3 Å². The van der Waals surface area contributed by atoms with Gasteiger partial charge in [0.15, 0.2) is 0 Å². The molecule has 1 aliphatic carbocycles. The monoisotopic (exact) mass is 427 g/mol. The van der Waals surface area contributed by atoms with E-state index >= 15 is 0 Å². The number of carbonyl (C=O) groups excluding carboxylic acids is 1. The fraction of sp³-hybridized carbons (Fsp3) is 0.190. The van der Waals surface area contributed by atoms with Crippen LogP contribution in [0.3, 0.4) is 0 Å². The zero-order chi connectivity index (χ0) is 19.7. The second kappa shape index (κ2) is 8.03. The highest BCUT2D eigenvalue weighted by molar-refractivity contribution is 8.26. The van der Waals surface area contributed by atoms with Crippen molar-refractivity contribution in [1.29, 1.82) is 0 Å². The van der Waals surface area contributed by atoms with Gasteiger partial charge in [0, 0.05) is 22.7 Å². The molecule has 0 spiro atoms. The summed E-state index contributed by atoms with van der Waals surface area (Å²) < 4.78 is 0.494. The number of amides is 1. The molecule has 0 bridgehead atoms. The minimum atomic E-state index is -0.865. The third-order valence-electron chi connectivity index (χ3n) is 4.63. The number of aliphatic carboxylic acids is 1. The standard InChI is InChI=1S/C21H17NO3S3/c23-19(24)6-3-9-22-20(25)18(28-21(22)26)12-16-11-15-10-14-5-2-1-4-13(14)7-8-17(15)27-16/h1-2,4-5,7-8,11-12H,3,6,9-10H2,(H,23,24). The summed E-state index contributed by atoms with van der Waals surface area (Å²) in [7, 11) is 0. The van der Waals surface area contributed by atoms with Crippen molar-refractivity contribution < 1.29 is 14.7 Å². The smallest absolute Gasteiger partial charge is 0.303 e. The quantitative estimate of drug-likeness (QED) is 0.464. The molecule has 1 amide bonds. The van der Waals surface area contributed by atoms with Crippen LogP contribution in [0.1, 0.15) is 39.3 Å². The molecule has 1 saturated heterocycles. The highest BCUT2D eigenvalue weighted by atomic mass is 32.2. The third kappa shape index (κ3) is 3.97. The summed E-state index contributed by atoms with van der Waals surface area (Å²) in [6.45, 7) is 0.342. The number of hydrogen-bond donors (Lipinski definition) is 1. The topological polar surface area (TPSA) is 57.6 Å². The van der Waals surface area contributed by atoms with Gasteiger partial charge in [-0.25, -0.2) is 0 Å². The maximum Gasteiger partial charge on any atom is 0.303 e. The first-order chi connectivity index (χ1) is 13.5. The van der Waals surface area contributed by atoms with Crippen LogP contribution in [0.25, 0.3) is 18.2 Å². The summed E-state index contributed by atoms with van der Waals surface area (Å²) >= 11 is 8.26. The fourth-order valence-electron chi connectivity index (χ4n) is 3.25. The van der Waals surface area contributed by atoms with Crippen LogP contribution in [0.4, 0.5) is 0 Å². The number of fused-ring (bicyclic) bond motifs is 2. The average Bonchev–Trinajstić information content (AvgIpc) is 3.09. The molecular weight excluding hydrogens is 410 g/mol. The normalized spacial score (nSPS) is 17.0. The summed E-state index contributed by atoms with van der Waals surface area (Å²) in [5.74, 6) is -0.999. The van der Waals surface area contributed by atoms with E-state index in [1.54, 1.807) is 11.3 Å². The lowest BCUT2D eigenvalue weighted by Crippen LogP contribution is -2.29. The van der Waals surface area contributed by atoms with Crippen LogP contribution in [-0.4, -0.2) is 32.7 Å². The number of carboxylic acid groups (broad SMARTS) is 1. The van der Waals surface area contributed by atoms with Gasteiger partial charge in [0.05, 0.1) is 4.91 Å². The number of rotatable bonds is 5. The van der Waals surface area contributed by atoms with Gasteiger partial charge in [-0.3, -0.25) is 14.5 Å². The van der Waals surface area contributed by atoms with Crippen molar-refractivity contribution in [2.45, 2.75) is 19.3 Å². The number of thiophene rings is 1. The van der Waals surface area contributed by atoms with Gasteiger partial charge in [-0.2, -0.15) is 0 Å². The lowest BCUT2D eigenvalue weighted by atomic mass is 10.0. The van der Waals surface area contributed by atoms with E-state index < -0.39 is 5.97 Å². The summed E-state index contributed by atoms with van der Waals surface area (Å²) in [4.78, 5) is 27.7. The van der Waals surface area contributed by atoms with Gasteiger partial charge in [-0.05, 0) is 47.8 Å². The molecule has 4 rings (SSSR count). The van der Waals surface area contributed by atoms with Crippen LogP contribution < -0.4 is 0 Å². The Balaban J connectivity index is 1.53. The summed E-state index contributed by atoms with van der Waals surface area (Å²) in [6.07, 6.45) is 7.48. The molecule has 1 N–H and O–H groups in total. The molecule has 1 aliphatic heterocycles. The average molecular weight is 428 g/mol. The summed E-state index contributed by atoms with van der Waals surface area (Å²) in [5.41, 5.74) is 3.80. The number of nitrogens with zero attached hydrogens (tertiary/aromatic N) is 1. The number of benzene rings is 1. The number of carbonyl (C=O) groups is 2. The number of thioether (sulfide) groups is 1. The van der Waals surface area contributed by atoms with Crippen molar-refractivity contribution in [2.75, 3.05) is 6.54 Å². The van der Waals surface area contributed by atoms with E-state index in [4.69, 9.17) is 17.3 Å². The van der Waals surface area contributed by atoms with Crippen molar-refractivity contribution in [3.63, 3.8) is 0 Å². The maximum atomic E-state index is 12.7. The number of carboxylic acids is 1. The lowest BCUT2D eigenvalue weighted by molar-refractivity contribution is -0.137. The molecule has 1 fully saturated rings. The van der Waals surface area contributed by atoms with Crippen LogP contribution in [0.5, 0.6) is 0 Å². The molecule has 0 saturated carbocycles. The van der Waals surface area contributed by atoms with Gasteiger partial charge in [0.1, 0.15) is 4.32 Å². The highest BCUT2D eigenvalue weighted by Crippen LogP contribution is 2.36. The second-order valence-electron chi connectivity index (χ2n) is 6.58. The molecule has 4 nitrogen and oxygen atoms in total. The SMILES string of the molecule is O=C(O)CCCN1C(=O)C(=Cc2cc3c(s2)C=Cc2ccccc2C3)SC1=S. The van der Waals surface area contributed by atoms with E-state index in [1.807, 2.05) is 12.1 Å². The maximum absolute atomic E-state index is 12.7. The molecule has 0 unspecified atom stereocenters. The van der Waals surface area contributed by atoms with Gasteiger partial charge in [-0.1, -0.05) is 54.3 Å². The first kappa shape index (κ1) is 19.1. The Morgan fingerprint density at radius 2 is 2.07 bits per heavy atom. The Hall–Kier alpha value is -2.22. The zero-order valence-electron chi connectivity index (χ0n) is 14.9. The van der Waals surface area contributed by atoms with E-state index in [2.05, 4.69) is 36.4 Å². The molecule has 142 valence electrons. The second-order valence-corrected chi connectivity index (χ2v) is 9.37. The predicted molar refractivity (Wildman–Crippen MR) is 119 cm³/mol. The molecule has 0 radical (unpaired) electrons. The summed E-state index contributed by atoms with van der Waals surface area (Å²) in [6, 6.07) is 10.5. The van der Waals surface area contributed by atoms with Crippen LogP contribution in [0.2, 0.25) is 0 Å². The lowest BCUT2D eigenvalue weighted by Gasteiger charge is -2.13. The molecule has 2 aliphatic rings. The van der Waals surface area contributed by atoms with Gasteiger partial charge < -0.3 is 5.11 Å². The molecule has 7 heteroatoms. The first-order valence-corrected chi connectivity index (χ1v) is 10.9. The highest BCUT2D eigenvalue weighted by Gasteiger charge is 2.31. The molecule has 1 aromatic heterocycles. The molecular formula is C21H17NO3S3. The zero-order valence-corrected chi connectivity index (χ0v) is 17.3. The third-order valence-corrected chi connectivity index (χ3v) is 7.10. The van der Waals surface area contributed by atoms with Gasteiger partial charge in [0.25, 0.3) is 5.91 Å². The Kier molecular flexibility index (Phi) is 5.48. The molecule has 2 heterocycles. The van der Waals surface area contributed by atoms with E-state index in [-0.39, 0.29) is 12.3 Å². The first-order valence-electron chi connectivity index (χ1n) is 8.87. The molecule has 28 heavy (non-hydrogen) atoms. The van der Waals surface area contributed by atoms with Crippen molar-refractivity contribution in [3.05, 3.63) is 61.7 Å². The predicted octanol–water partition coefficient (Wildman–Crippen LogP) is 4.89. The molecule has 0 atom stereocenters. The molecule has 1 aromatic carbocycles. The van der Waals surface area contributed by atoms with Gasteiger partial charge >= 0.3 is 5.97 Å². The number of thiocarbonyl (C=S) groups is 1. The van der Waals surface area contributed by atoms with Crippen LogP contribution in [0.15, 0.2) is 35.2 Å². The largest absolute Gasteiger partial charge is 0.481 e. The Bertz CT molecular complexity index is 1040. The van der Waals surface area contributed by atoms with E-state index in [1.165, 1.54) is 38.2 Å². The number of hydrogen-bond acceptors (Lipinski definition) is 5. The van der Waals surface area contributed by atoms with Gasteiger partial charge in [0.2, 0.25) is 0 Å². The summed E-state index contributed by atoms with van der Waals surface area (Å²) in [5, 5.41) is 8.77. The Morgan fingerprint density at radius 3 is 2.89 bits per heavy atom. The van der Waals surface area contributed by atoms with E-state index in [0.717, 1.165) is 11.3 Å². The van der Waals surface area contributed by atoms with Crippen molar-refractivity contribution in [3.8, 4) is 0 Å². The van der Waals surface area contributed by atoms with Crippen molar-refractivity contribution in [1.82, 2.24) is 4.90 Å². The van der Waals surface area contributed by atoms with Crippen LogP contribution in [0, 0.1) is 0 Å². The van der Waals surface area contributed by atoms with Crippen LogP contribution in [-0.2, 0) is 16.0 Å². The van der Waals surface area contributed by atoms with Crippen molar-refractivity contribution in [2.24, 2.45) is 0 Å².